The van der Waals surface area contributed by atoms with Gasteiger partial charge in [0.05, 0.1) is 6.00 Å². The average molecular weight is 137 g/mol. The Morgan fingerprint density at radius 3 is 2.62 bits per heavy atom. The van der Waals surface area contributed by atoms with Crippen LogP contribution in [-0.2, 0) is 0 Å². The third kappa shape index (κ3) is 4.37. The Balaban J connectivity index is 2.86. The highest BCUT2D eigenvalue weighted by molar-refractivity contribution is 6.17. The van der Waals surface area contributed by atoms with Crippen LogP contribution in [0.25, 0.3) is 0 Å². The molecule has 3 heteroatoms. The average Bonchev–Trinajstić information content (AvgIpc) is 1.83. The molecular formula is C5H13ClN2. The lowest BCUT2D eigenvalue weighted by Gasteiger charge is -2.09. The van der Waals surface area contributed by atoms with Crippen LogP contribution < -0.4 is 10.9 Å². The van der Waals surface area contributed by atoms with Crippen LogP contribution in [0.15, 0.2) is 0 Å². The molecule has 0 aliphatic rings. The van der Waals surface area contributed by atoms with Crippen molar-refractivity contribution in [2.45, 2.75) is 26.3 Å². The first-order valence-corrected chi connectivity index (χ1v) is 3.39. The summed E-state index contributed by atoms with van der Waals surface area (Å²) in [5, 5.41) is 0. The zero-order valence-electron chi connectivity index (χ0n) is 5.37. The van der Waals surface area contributed by atoms with Gasteiger partial charge in [0.15, 0.2) is 0 Å². The molecule has 0 aromatic rings. The molecule has 2 N–H and O–H groups in total. The summed E-state index contributed by atoms with van der Waals surface area (Å²) in [4.78, 5) is 0. The number of hydrogen-bond acceptors (Lipinski definition) is 2. The van der Waals surface area contributed by atoms with Crippen LogP contribution >= 0.6 is 11.6 Å². The number of hydrazine groups is 1. The van der Waals surface area contributed by atoms with Gasteiger partial charge in [-0.05, 0) is 13.3 Å². The second-order valence-corrected chi connectivity index (χ2v) is 2.03. The van der Waals surface area contributed by atoms with Crippen LogP contribution in [-0.4, -0.2) is 12.0 Å². The van der Waals surface area contributed by atoms with Gasteiger partial charge in [-0.3, -0.25) is 5.43 Å². The number of hydrogen-bond donors (Lipinski definition) is 2. The number of nitrogens with one attached hydrogen (secondary N) is 2. The molecule has 0 amide bonds. The molecule has 0 fully saturated rings. The van der Waals surface area contributed by atoms with Gasteiger partial charge >= 0.3 is 0 Å². The lowest BCUT2D eigenvalue weighted by atomic mass is 10.3. The Morgan fingerprint density at radius 1 is 1.62 bits per heavy atom. The van der Waals surface area contributed by atoms with Gasteiger partial charge in [0.2, 0.25) is 0 Å². The van der Waals surface area contributed by atoms with Crippen molar-refractivity contribution in [3.8, 4) is 0 Å². The predicted molar refractivity (Wildman–Crippen MR) is 36.7 cm³/mol. The maximum absolute atomic E-state index is 5.33. The van der Waals surface area contributed by atoms with E-state index in [0.717, 1.165) is 6.42 Å². The third-order valence-corrected chi connectivity index (χ3v) is 1.16. The van der Waals surface area contributed by atoms with E-state index >= 15 is 0 Å². The van der Waals surface area contributed by atoms with Crippen molar-refractivity contribution in [1.82, 2.24) is 10.9 Å². The maximum atomic E-state index is 5.33. The van der Waals surface area contributed by atoms with Gasteiger partial charge in [-0.25, -0.2) is 5.43 Å². The van der Waals surface area contributed by atoms with E-state index in [2.05, 4.69) is 24.7 Å². The molecule has 0 saturated carbocycles. The molecular weight excluding hydrogens is 124 g/mol. The minimum Gasteiger partial charge on any atom is -0.254 e. The summed E-state index contributed by atoms with van der Waals surface area (Å²) >= 11 is 5.33. The fourth-order valence-corrected chi connectivity index (χ4v) is 0.392. The smallest absolute Gasteiger partial charge is 0.0844 e. The fraction of sp³-hybridized carbons (Fsp3) is 1.00. The van der Waals surface area contributed by atoms with Crippen LogP contribution in [0.1, 0.15) is 20.3 Å². The zero-order chi connectivity index (χ0) is 6.41. The molecule has 1 atom stereocenters. The van der Waals surface area contributed by atoms with Crippen molar-refractivity contribution in [1.29, 1.82) is 0 Å². The van der Waals surface area contributed by atoms with Crippen molar-refractivity contribution in [2.24, 2.45) is 0 Å². The van der Waals surface area contributed by atoms with E-state index in [-0.39, 0.29) is 0 Å². The maximum Gasteiger partial charge on any atom is 0.0844 e. The van der Waals surface area contributed by atoms with Gasteiger partial charge in [0, 0.05) is 6.04 Å². The lowest BCUT2D eigenvalue weighted by Crippen LogP contribution is -2.37. The molecule has 0 aromatic heterocycles. The van der Waals surface area contributed by atoms with E-state index in [9.17, 15) is 0 Å². The SMILES string of the molecule is CC[C@@H](C)NNCCl. The Morgan fingerprint density at radius 2 is 2.25 bits per heavy atom. The summed E-state index contributed by atoms with van der Waals surface area (Å²) < 4.78 is 0. The highest BCUT2D eigenvalue weighted by Crippen LogP contribution is 1.83. The molecule has 2 nitrogen and oxygen atoms in total. The van der Waals surface area contributed by atoms with Crippen LogP contribution in [0.2, 0.25) is 0 Å². The van der Waals surface area contributed by atoms with Crippen molar-refractivity contribution in [3.63, 3.8) is 0 Å². The fourth-order valence-electron chi connectivity index (χ4n) is 0.315. The van der Waals surface area contributed by atoms with E-state index in [1.165, 1.54) is 0 Å². The van der Waals surface area contributed by atoms with E-state index in [1.807, 2.05) is 0 Å². The Hall–Kier alpha value is 0.210. The van der Waals surface area contributed by atoms with Gasteiger partial charge < -0.3 is 0 Å². The second-order valence-electron chi connectivity index (χ2n) is 1.76. The second kappa shape index (κ2) is 5.35. The summed E-state index contributed by atoms with van der Waals surface area (Å²) in [7, 11) is 0. The van der Waals surface area contributed by atoms with Crippen LogP contribution in [0, 0.1) is 0 Å². The number of alkyl halides is 1. The molecule has 0 aliphatic heterocycles. The Labute approximate surface area is 55.6 Å². The van der Waals surface area contributed by atoms with Gasteiger partial charge in [-0.2, -0.15) is 0 Å². The van der Waals surface area contributed by atoms with E-state index in [1.54, 1.807) is 0 Å². The lowest BCUT2D eigenvalue weighted by molar-refractivity contribution is 0.469. The topological polar surface area (TPSA) is 24.1 Å². The van der Waals surface area contributed by atoms with Crippen LogP contribution in [0.3, 0.4) is 0 Å². The van der Waals surface area contributed by atoms with Gasteiger partial charge in [-0.15, -0.1) is 11.6 Å². The van der Waals surface area contributed by atoms with Gasteiger partial charge in [-0.1, -0.05) is 6.92 Å². The van der Waals surface area contributed by atoms with Crippen molar-refractivity contribution >= 4 is 11.6 Å². The first-order chi connectivity index (χ1) is 3.81. The highest BCUT2D eigenvalue weighted by Gasteiger charge is 1.91. The summed E-state index contributed by atoms with van der Waals surface area (Å²) in [5.74, 6) is 0. The van der Waals surface area contributed by atoms with E-state index < -0.39 is 0 Å². The molecule has 8 heavy (non-hydrogen) atoms. The molecule has 0 rings (SSSR count). The first kappa shape index (κ1) is 8.21. The zero-order valence-corrected chi connectivity index (χ0v) is 6.13. The van der Waals surface area contributed by atoms with Gasteiger partial charge in [0.25, 0.3) is 0 Å². The molecule has 0 bridgehead atoms. The Bertz CT molecular complexity index is 49.7. The quantitative estimate of drug-likeness (QED) is 0.343. The molecule has 0 saturated heterocycles. The van der Waals surface area contributed by atoms with Crippen molar-refractivity contribution < 1.29 is 0 Å². The minimum absolute atomic E-state index is 0.463. The molecule has 0 radical (unpaired) electrons. The normalized spacial score (nSPS) is 13.9. The van der Waals surface area contributed by atoms with Crippen LogP contribution in [0.5, 0.6) is 0 Å². The minimum atomic E-state index is 0.463. The summed E-state index contributed by atoms with van der Waals surface area (Å²) in [5.41, 5.74) is 5.81. The van der Waals surface area contributed by atoms with Gasteiger partial charge in [0.1, 0.15) is 0 Å². The monoisotopic (exact) mass is 136 g/mol. The molecule has 50 valence electrons. The largest absolute Gasteiger partial charge is 0.254 e. The third-order valence-electron chi connectivity index (χ3n) is 1.03. The number of rotatable bonds is 4. The van der Waals surface area contributed by atoms with E-state index in [4.69, 9.17) is 11.6 Å². The molecule has 0 aromatic carbocycles. The summed E-state index contributed by atoms with van der Waals surface area (Å²) in [6.45, 7) is 4.22. The number of halogens is 1. The summed E-state index contributed by atoms with van der Waals surface area (Å²) in [6.07, 6.45) is 1.11. The first-order valence-electron chi connectivity index (χ1n) is 2.85. The summed E-state index contributed by atoms with van der Waals surface area (Å²) in [6, 6.07) is 0.971. The molecule has 0 spiro atoms. The van der Waals surface area contributed by atoms with E-state index in [0.29, 0.717) is 12.0 Å². The Kier molecular flexibility index (Phi) is 5.49. The highest BCUT2D eigenvalue weighted by atomic mass is 35.5. The molecule has 0 heterocycles. The molecule has 0 aliphatic carbocycles. The standard InChI is InChI=1S/C5H13ClN2/c1-3-5(2)8-7-4-6/h5,7-8H,3-4H2,1-2H3/t5-/m1/s1. The van der Waals surface area contributed by atoms with Crippen LogP contribution in [0.4, 0.5) is 0 Å². The van der Waals surface area contributed by atoms with Crippen molar-refractivity contribution in [2.75, 3.05) is 6.00 Å². The predicted octanol–water partition coefficient (Wildman–Crippen LogP) is 1.08. The van der Waals surface area contributed by atoms with Crippen molar-refractivity contribution in [3.05, 3.63) is 0 Å². The molecule has 0 unspecified atom stereocenters.